The van der Waals surface area contributed by atoms with Crippen LogP contribution in [0.3, 0.4) is 0 Å². The number of likely N-dealkylation sites (tertiary alicyclic amines) is 1. The fraction of sp³-hybridized carbons (Fsp3) is 0.464. The summed E-state index contributed by atoms with van der Waals surface area (Å²) in [5, 5.41) is 3.35. The van der Waals surface area contributed by atoms with Gasteiger partial charge in [-0.15, -0.1) is 11.3 Å². The van der Waals surface area contributed by atoms with Gasteiger partial charge in [-0.1, -0.05) is 30.7 Å². The summed E-state index contributed by atoms with van der Waals surface area (Å²) in [6.45, 7) is 7.35. The maximum Gasteiger partial charge on any atom is 0.186 e. The van der Waals surface area contributed by atoms with Crippen molar-refractivity contribution in [3.05, 3.63) is 70.7 Å². The summed E-state index contributed by atoms with van der Waals surface area (Å²) in [6.07, 6.45) is 6.58. The van der Waals surface area contributed by atoms with Crippen molar-refractivity contribution in [3.63, 3.8) is 0 Å². The molecule has 0 saturated carbocycles. The van der Waals surface area contributed by atoms with E-state index in [9.17, 15) is 0 Å². The summed E-state index contributed by atoms with van der Waals surface area (Å²) in [4.78, 5) is 12.6. The smallest absolute Gasteiger partial charge is 0.186 e. The van der Waals surface area contributed by atoms with Crippen LogP contribution in [0.2, 0.25) is 0 Å². The Labute approximate surface area is 208 Å². The molecule has 34 heavy (non-hydrogen) atoms. The van der Waals surface area contributed by atoms with Crippen LogP contribution < -0.4 is 14.5 Å². The van der Waals surface area contributed by atoms with Crippen molar-refractivity contribution in [2.45, 2.75) is 51.7 Å². The van der Waals surface area contributed by atoms with E-state index in [0.717, 1.165) is 30.5 Å². The van der Waals surface area contributed by atoms with Crippen LogP contribution in [0.5, 0.6) is 5.75 Å². The molecule has 2 aromatic carbocycles. The highest BCUT2D eigenvalue weighted by atomic mass is 32.1. The van der Waals surface area contributed by atoms with Crippen LogP contribution in [-0.2, 0) is 19.6 Å². The van der Waals surface area contributed by atoms with E-state index in [0.29, 0.717) is 0 Å². The molecule has 2 aliphatic rings. The summed E-state index contributed by atoms with van der Waals surface area (Å²) in [5.74, 6) is 0.901. The Morgan fingerprint density at radius 3 is 2.35 bits per heavy atom. The molecular weight excluding hydrogens is 440 g/mol. The molecule has 0 N–H and O–H groups in total. The third-order valence-electron chi connectivity index (χ3n) is 6.91. The lowest BCUT2D eigenvalue weighted by atomic mass is 10.1. The standard InChI is InChI=1S/C28H36N4OS/c1-33-27-12-8-10-24(18-27)20-32(19-23-9-7-11-26(17-23)31-15-5-6-16-31)28-29-25(22-34-28)21-30-13-3-2-4-14-30/h7-12,17-18,22H,2-6,13-16,19-21H2,1H3. The zero-order valence-corrected chi connectivity index (χ0v) is 21.1. The number of aromatic nitrogens is 1. The first-order valence-electron chi connectivity index (χ1n) is 12.7. The molecule has 0 unspecified atom stereocenters. The van der Waals surface area contributed by atoms with E-state index in [1.54, 1.807) is 18.4 Å². The highest BCUT2D eigenvalue weighted by Gasteiger charge is 2.18. The average molecular weight is 477 g/mol. The molecule has 6 heteroatoms. The second-order valence-corrected chi connectivity index (χ2v) is 10.4. The second-order valence-electron chi connectivity index (χ2n) is 9.53. The van der Waals surface area contributed by atoms with Crippen molar-refractivity contribution >= 4 is 22.2 Å². The summed E-state index contributed by atoms with van der Waals surface area (Å²) in [6, 6.07) is 17.5. The molecule has 180 valence electrons. The maximum absolute atomic E-state index is 5.48. The van der Waals surface area contributed by atoms with Gasteiger partial charge in [-0.25, -0.2) is 4.98 Å². The highest BCUT2D eigenvalue weighted by Crippen LogP contribution is 2.28. The Kier molecular flexibility index (Phi) is 7.66. The summed E-state index contributed by atoms with van der Waals surface area (Å²) in [5.41, 5.74) is 5.12. The molecule has 0 spiro atoms. The van der Waals surface area contributed by atoms with Crippen LogP contribution in [0.25, 0.3) is 0 Å². The third kappa shape index (κ3) is 5.91. The normalized spacial score (nSPS) is 16.7. The first-order chi connectivity index (χ1) is 16.8. The minimum Gasteiger partial charge on any atom is -0.497 e. The molecule has 1 aromatic heterocycles. The maximum atomic E-state index is 5.48. The van der Waals surface area contributed by atoms with Gasteiger partial charge >= 0.3 is 0 Å². The van der Waals surface area contributed by atoms with E-state index in [-0.39, 0.29) is 0 Å². The number of hydrogen-bond acceptors (Lipinski definition) is 6. The van der Waals surface area contributed by atoms with Gasteiger partial charge in [-0.2, -0.15) is 0 Å². The fourth-order valence-corrected chi connectivity index (χ4v) is 5.91. The third-order valence-corrected chi connectivity index (χ3v) is 7.86. The molecule has 2 saturated heterocycles. The molecule has 0 aliphatic carbocycles. The first-order valence-corrected chi connectivity index (χ1v) is 13.5. The largest absolute Gasteiger partial charge is 0.497 e. The molecule has 0 atom stereocenters. The second kappa shape index (κ2) is 11.2. The quantitative estimate of drug-likeness (QED) is 0.381. The molecular formula is C28H36N4OS. The van der Waals surface area contributed by atoms with E-state index < -0.39 is 0 Å². The van der Waals surface area contributed by atoms with E-state index in [1.807, 2.05) is 6.07 Å². The first kappa shape index (κ1) is 23.2. The van der Waals surface area contributed by atoms with Crippen molar-refractivity contribution in [1.29, 1.82) is 0 Å². The van der Waals surface area contributed by atoms with Gasteiger partial charge in [0.25, 0.3) is 0 Å². The number of methoxy groups -OCH3 is 1. The topological polar surface area (TPSA) is 31.8 Å². The van der Waals surface area contributed by atoms with Crippen molar-refractivity contribution in [2.75, 3.05) is 43.1 Å². The van der Waals surface area contributed by atoms with Crippen molar-refractivity contribution < 1.29 is 4.74 Å². The van der Waals surface area contributed by atoms with Gasteiger partial charge in [-0.3, -0.25) is 4.90 Å². The number of hydrogen-bond donors (Lipinski definition) is 0. The number of nitrogens with zero attached hydrogens (tertiary/aromatic N) is 4. The van der Waals surface area contributed by atoms with Crippen LogP contribution in [0.4, 0.5) is 10.8 Å². The molecule has 5 nitrogen and oxygen atoms in total. The molecule has 0 amide bonds. The molecule has 2 fully saturated rings. The van der Waals surface area contributed by atoms with E-state index in [1.165, 1.54) is 80.8 Å². The highest BCUT2D eigenvalue weighted by molar-refractivity contribution is 7.13. The van der Waals surface area contributed by atoms with Crippen LogP contribution in [-0.4, -0.2) is 43.2 Å². The summed E-state index contributed by atoms with van der Waals surface area (Å²) in [7, 11) is 1.73. The van der Waals surface area contributed by atoms with Gasteiger partial charge < -0.3 is 14.5 Å². The van der Waals surface area contributed by atoms with E-state index in [2.05, 4.69) is 62.5 Å². The molecule has 3 heterocycles. The Morgan fingerprint density at radius 1 is 0.882 bits per heavy atom. The summed E-state index contributed by atoms with van der Waals surface area (Å²) < 4.78 is 5.48. The summed E-state index contributed by atoms with van der Waals surface area (Å²) >= 11 is 1.77. The van der Waals surface area contributed by atoms with Crippen molar-refractivity contribution in [2.24, 2.45) is 0 Å². The minimum absolute atomic E-state index is 0.807. The van der Waals surface area contributed by atoms with Gasteiger partial charge in [0, 0.05) is 43.8 Å². The lowest BCUT2D eigenvalue weighted by Crippen LogP contribution is -2.29. The van der Waals surface area contributed by atoms with Crippen LogP contribution in [0.1, 0.15) is 48.9 Å². The van der Waals surface area contributed by atoms with Crippen molar-refractivity contribution in [1.82, 2.24) is 9.88 Å². The zero-order chi connectivity index (χ0) is 23.2. The molecule has 5 rings (SSSR count). The SMILES string of the molecule is COc1cccc(CN(Cc2cccc(N3CCCC3)c2)c2nc(CN3CCCCC3)cs2)c1. The number of benzene rings is 2. The molecule has 0 radical (unpaired) electrons. The van der Waals surface area contributed by atoms with Crippen LogP contribution in [0, 0.1) is 0 Å². The Hall–Kier alpha value is -2.57. The number of anilines is 2. The lowest BCUT2D eigenvalue weighted by molar-refractivity contribution is 0.219. The predicted octanol–water partition coefficient (Wildman–Crippen LogP) is 5.94. The monoisotopic (exact) mass is 476 g/mol. The number of thiazole rings is 1. The Morgan fingerprint density at radius 2 is 1.59 bits per heavy atom. The van der Waals surface area contributed by atoms with E-state index >= 15 is 0 Å². The van der Waals surface area contributed by atoms with E-state index in [4.69, 9.17) is 9.72 Å². The average Bonchev–Trinajstić information content (AvgIpc) is 3.58. The Bertz CT molecular complexity index is 1060. The van der Waals surface area contributed by atoms with Crippen molar-refractivity contribution in [3.8, 4) is 5.75 Å². The fourth-order valence-electron chi connectivity index (χ4n) is 5.09. The molecule has 2 aliphatic heterocycles. The number of ether oxygens (including phenoxy) is 1. The van der Waals surface area contributed by atoms with Gasteiger partial charge in [0.05, 0.1) is 12.8 Å². The van der Waals surface area contributed by atoms with Crippen LogP contribution in [0.15, 0.2) is 53.9 Å². The predicted molar refractivity (Wildman–Crippen MR) is 142 cm³/mol. The van der Waals surface area contributed by atoms with Gasteiger partial charge in [-0.05, 0) is 74.2 Å². The number of rotatable bonds is 9. The molecule has 0 bridgehead atoms. The molecule has 3 aromatic rings. The van der Waals surface area contributed by atoms with Gasteiger partial charge in [0.2, 0.25) is 0 Å². The van der Waals surface area contributed by atoms with Crippen LogP contribution >= 0.6 is 11.3 Å². The Balaban J connectivity index is 1.36. The minimum atomic E-state index is 0.807. The van der Waals surface area contributed by atoms with Gasteiger partial charge in [0.15, 0.2) is 5.13 Å². The van der Waals surface area contributed by atoms with Gasteiger partial charge in [0.1, 0.15) is 5.75 Å². The number of piperidine rings is 1. The zero-order valence-electron chi connectivity index (χ0n) is 20.3. The lowest BCUT2D eigenvalue weighted by Gasteiger charge is -2.26.